The average Bonchev–Trinajstić information content (AvgIpc) is 2.97. The van der Waals surface area contributed by atoms with Crippen molar-refractivity contribution in [2.75, 3.05) is 36.4 Å². The maximum absolute atomic E-state index is 16.6. The van der Waals surface area contributed by atoms with Crippen molar-refractivity contribution in [3.05, 3.63) is 75.7 Å². The van der Waals surface area contributed by atoms with Crippen LogP contribution in [0, 0.1) is 12.7 Å². The highest BCUT2D eigenvalue weighted by molar-refractivity contribution is 6.33. The smallest absolute Gasteiger partial charge is 0.355 e. The lowest BCUT2D eigenvalue weighted by Crippen LogP contribution is -2.56. The highest BCUT2D eigenvalue weighted by Crippen LogP contribution is 2.43. The van der Waals surface area contributed by atoms with Crippen LogP contribution < -0.4 is 15.9 Å². The fourth-order valence-corrected chi connectivity index (χ4v) is 6.32. The van der Waals surface area contributed by atoms with Crippen molar-refractivity contribution in [2.45, 2.75) is 39.2 Å². The van der Waals surface area contributed by atoms with E-state index in [1.54, 1.807) is 29.3 Å². The molecule has 2 aliphatic rings. The Kier molecular flexibility index (Phi) is 7.29. The topological polar surface area (TPSA) is 116 Å². The number of piperazine rings is 1. The number of carbonyl (C=O) groups is 1. The van der Waals surface area contributed by atoms with Gasteiger partial charge in [0.15, 0.2) is 11.5 Å². The number of benzene rings is 1. The van der Waals surface area contributed by atoms with Gasteiger partial charge in [-0.1, -0.05) is 38.1 Å². The van der Waals surface area contributed by atoms with Crippen LogP contribution in [0.15, 0.2) is 47.9 Å². The van der Waals surface area contributed by atoms with Crippen LogP contribution in [-0.4, -0.2) is 67.7 Å². The molecule has 3 aromatic heterocycles. The maximum Gasteiger partial charge on any atom is 0.355 e. The zero-order valence-electron chi connectivity index (χ0n) is 24.1. The molecular weight excluding hydrogens is 573 g/mol. The van der Waals surface area contributed by atoms with Crippen molar-refractivity contribution in [3.63, 3.8) is 0 Å². The Labute approximate surface area is 252 Å². The lowest BCUT2D eigenvalue weighted by Gasteiger charge is -2.43. The molecule has 5 heterocycles. The third-order valence-corrected chi connectivity index (χ3v) is 8.44. The summed E-state index contributed by atoms with van der Waals surface area (Å²) in [6.07, 6.45) is 3.51. The number of amides is 1. The number of aryl methyl sites for hydroxylation is 1. The van der Waals surface area contributed by atoms with Crippen molar-refractivity contribution in [3.8, 4) is 22.7 Å². The number of phenols is 1. The number of hydrogen-bond acceptors (Lipinski definition) is 8. The number of carbonyl (C=O) groups excluding carboxylic acids is 1. The van der Waals surface area contributed by atoms with E-state index in [-0.39, 0.29) is 57.0 Å². The van der Waals surface area contributed by atoms with E-state index in [2.05, 4.69) is 21.9 Å². The van der Waals surface area contributed by atoms with E-state index in [9.17, 15) is 14.7 Å². The predicted octanol–water partition coefficient (Wildman–Crippen LogP) is 4.79. The minimum absolute atomic E-state index is 0.0162. The molecule has 1 unspecified atom stereocenters. The standard InChI is InChI=1S/C31H31ClFN7O3/c1-5-21(42)38-13-14-39-18(15-38)10-12-35-26-23-29(39)37-31(43)40(28-17(4)9-11-34-25(28)16(2)3)30(23)36-27(24(26)33)22-19(32)7-6-8-20(22)41/h5-9,11,16,18,35,41H,1,10,12-15H2,2-4H3. The van der Waals surface area contributed by atoms with Crippen LogP contribution in [0.5, 0.6) is 5.75 Å². The lowest BCUT2D eigenvalue weighted by molar-refractivity contribution is -0.126. The van der Waals surface area contributed by atoms with Crippen LogP contribution in [-0.2, 0) is 4.79 Å². The first kappa shape index (κ1) is 28.6. The molecule has 6 rings (SSSR count). The number of nitrogens with zero attached hydrogens (tertiary/aromatic N) is 6. The normalized spacial score (nSPS) is 16.5. The number of nitrogens with one attached hydrogen (secondary N) is 1. The first-order valence-electron chi connectivity index (χ1n) is 14.1. The molecule has 222 valence electrons. The largest absolute Gasteiger partial charge is 0.507 e. The molecule has 2 aliphatic heterocycles. The highest BCUT2D eigenvalue weighted by Gasteiger charge is 2.36. The van der Waals surface area contributed by atoms with Gasteiger partial charge in [-0.15, -0.1) is 0 Å². The second-order valence-electron chi connectivity index (χ2n) is 11.1. The summed E-state index contributed by atoms with van der Waals surface area (Å²) >= 11 is 6.48. The monoisotopic (exact) mass is 603 g/mol. The minimum atomic E-state index is -0.727. The van der Waals surface area contributed by atoms with E-state index in [0.717, 1.165) is 5.56 Å². The first-order valence-corrected chi connectivity index (χ1v) is 14.5. The van der Waals surface area contributed by atoms with Crippen molar-refractivity contribution in [2.24, 2.45) is 0 Å². The summed E-state index contributed by atoms with van der Waals surface area (Å²) in [7, 11) is 0. The van der Waals surface area contributed by atoms with Gasteiger partial charge in [0.05, 0.1) is 33.0 Å². The van der Waals surface area contributed by atoms with Crippen molar-refractivity contribution in [1.29, 1.82) is 0 Å². The van der Waals surface area contributed by atoms with E-state index < -0.39 is 11.5 Å². The molecule has 10 nitrogen and oxygen atoms in total. The summed E-state index contributed by atoms with van der Waals surface area (Å²) in [6, 6.07) is 6.11. The summed E-state index contributed by atoms with van der Waals surface area (Å²) in [4.78, 5) is 44.1. The maximum atomic E-state index is 16.6. The zero-order valence-corrected chi connectivity index (χ0v) is 24.8. The van der Waals surface area contributed by atoms with E-state index in [0.29, 0.717) is 49.4 Å². The van der Waals surface area contributed by atoms with Gasteiger partial charge in [0.2, 0.25) is 5.91 Å². The van der Waals surface area contributed by atoms with Gasteiger partial charge in [0, 0.05) is 38.4 Å². The van der Waals surface area contributed by atoms with Crippen molar-refractivity contribution in [1.82, 2.24) is 24.4 Å². The first-order chi connectivity index (χ1) is 20.6. The molecule has 1 amide bonds. The Morgan fingerprint density at radius 2 is 2.05 bits per heavy atom. The van der Waals surface area contributed by atoms with Gasteiger partial charge in [0.1, 0.15) is 17.3 Å². The van der Waals surface area contributed by atoms with E-state index in [1.807, 2.05) is 25.7 Å². The van der Waals surface area contributed by atoms with Gasteiger partial charge in [-0.2, -0.15) is 4.98 Å². The Morgan fingerprint density at radius 1 is 1.26 bits per heavy atom. The molecule has 2 N–H and O–H groups in total. The van der Waals surface area contributed by atoms with Crippen LogP contribution in [0.2, 0.25) is 5.02 Å². The summed E-state index contributed by atoms with van der Waals surface area (Å²) in [5, 5.41) is 14.4. The number of fused-ring (bicyclic) bond motifs is 2. The van der Waals surface area contributed by atoms with E-state index in [4.69, 9.17) is 16.6 Å². The molecule has 1 atom stereocenters. The van der Waals surface area contributed by atoms with Crippen LogP contribution in [0.25, 0.3) is 28.0 Å². The number of rotatable bonds is 4. The Balaban J connectivity index is 1.72. The Bertz CT molecular complexity index is 1840. The highest BCUT2D eigenvalue weighted by atomic mass is 35.5. The summed E-state index contributed by atoms with van der Waals surface area (Å²) in [6.45, 7) is 11.0. The van der Waals surface area contributed by atoms with Gasteiger partial charge in [-0.3, -0.25) is 9.78 Å². The fourth-order valence-electron chi connectivity index (χ4n) is 6.06. The molecule has 43 heavy (non-hydrogen) atoms. The summed E-state index contributed by atoms with van der Waals surface area (Å²) < 4.78 is 18.0. The predicted molar refractivity (Wildman–Crippen MR) is 165 cm³/mol. The molecule has 1 aromatic carbocycles. The number of anilines is 2. The zero-order chi connectivity index (χ0) is 30.6. The van der Waals surface area contributed by atoms with Gasteiger partial charge < -0.3 is 20.2 Å². The molecule has 0 aliphatic carbocycles. The van der Waals surface area contributed by atoms with Crippen molar-refractivity contribution < 1.29 is 14.3 Å². The molecule has 12 heteroatoms. The van der Waals surface area contributed by atoms with Gasteiger partial charge in [0.25, 0.3) is 0 Å². The number of hydrogen-bond donors (Lipinski definition) is 2. The van der Waals surface area contributed by atoms with Crippen molar-refractivity contribution >= 4 is 40.0 Å². The molecule has 1 saturated heterocycles. The number of aromatic hydroxyl groups is 1. The van der Waals surface area contributed by atoms with Crippen LogP contribution >= 0.6 is 11.6 Å². The van der Waals surface area contributed by atoms with E-state index in [1.165, 1.54) is 16.7 Å². The Hall–Kier alpha value is -4.51. The summed E-state index contributed by atoms with van der Waals surface area (Å²) in [5.74, 6) is -0.921. The number of aromatic nitrogens is 4. The van der Waals surface area contributed by atoms with Crippen LogP contribution in [0.1, 0.15) is 37.4 Å². The number of pyridine rings is 2. The minimum Gasteiger partial charge on any atom is -0.507 e. The molecule has 0 saturated carbocycles. The second kappa shape index (κ2) is 11.0. The molecular formula is C31H31ClFN7O3. The van der Waals surface area contributed by atoms with Crippen LogP contribution in [0.4, 0.5) is 15.9 Å². The molecule has 4 aromatic rings. The Morgan fingerprint density at radius 3 is 2.77 bits per heavy atom. The van der Waals surface area contributed by atoms with Crippen LogP contribution in [0.3, 0.4) is 0 Å². The van der Waals surface area contributed by atoms with Gasteiger partial charge >= 0.3 is 5.69 Å². The lowest BCUT2D eigenvalue weighted by atomic mass is 10.0. The van der Waals surface area contributed by atoms with E-state index >= 15 is 4.39 Å². The SMILES string of the molecule is C=CC(=O)N1CCN2c3nc(=O)n(-c4c(C)ccnc4C(C)C)c4nc(-c5c(O)cccc5Cl)c(F)c(c34)NCCC2C1. The molecule has 0 radical (unpaired) electrons. The summed E-state index contributed by atoms with van der Waals surface area (Å²) in [5.41, 5.74) is 1.40. The third-order valence-electron chi connectivity index (χ3n) is 8.12. The molecule has 0 bridgehead atoms. The fraction of sp³-hybridized carbons (Fsp3) is 0.323. The molecule has 1 fully saturated rings. The second-order valence-corrected chi connectivity index (χ2v) is 11.5. The van der Waals surface area contributed by atoms with Gasteiger partial charge in [-0.25, -0.2) is 18.7 Å². The molecule has 0 spiro atoms. The van der Waals surface area contributed by atoms with Gasteiger partial charge in [-0.05, 0) is 49.1 Å². The number of halogens is 2. The number of phenolic OH excluding ortho intramolecular Hbond substituents is 1. The third kappa shape index (κ3) is 4.68. The quantitative estimate of drug-likeness (QED) is 0.320. The average molecular weight is 604 g/mol.